The van der Waals surface area contributed by atoms with Gasteiger partial charge in [0, 0.05) is 16.8 Å². The fourth-order valence-corrected chi connectivity index (χ4v) is 2.18. The molecule has 4 heteroatoms. The van der Waals surface area contributed by atoms with Crippen molar-refractivity contribution in [3.63, 3.8) is 0 Å². The predicted octanol–water partition coefficient (Wildman–Crippen LogP) is 3.90. The van der Waals surface area contributed by atoms with Gasteiger partial charge in [0.25, 0.3) is 0 Å². The Bertz CT molecular complexity index is 731. The molecule has 0 aliphatic rings. The van der Waals surface area contributed by atoms with E-state index in [1.807, 2.05) is 38.1 Å². The number of H-pyrrole nitrogens is 1. The summed E-state index contributed by atoms with van der Waals surface area (Å²) in [6.07, 6.45) is 1.77. The summed E-state index contributed by atoms with van der Waals surface area (Å²) in [4.78, 5) is 12.1. The van der Waals surface area contributed by atoms with E-state index in [0.29, 0.717) is 5.02 Å². The molecule has 90 valence electrons. The Labute approximate surface area is 110 Å². The molecular weight excluding hydrogens is 246 g/mol. The van der Waals surface area contributed by atoms with E-state index in [4.69, 9.17) is 11.6 Å². The smallest absolute Gasteiger partial charge is 0.178 e. The van der Waals surface area contributed by atoms with Crippen molar-refractivity contribution in [3.8, 4) is 11.4 Å². The Hall–Kier alpha value is -1.87. The molecule has 0 saturated heterocycles. The first-order valence-corrected chi connectivity index (χ1v) is 6.11. The number of nitrogens with one attached hydrogen (secondary N) is 1. The number of nitrogens with zero attached hydrogens (tertiary/aromatic N) is 2. The molecule has 0 amide bonds. The van der Waals surface area contributed by atoms with Gasteiger partial charge in [-0.15, -0.1) is 0 Å². The number of halogens is 1. The van der Waals surface area contributed by atoms with E-state index in [2.05, 4.69) is 15.0 Å². The Kier molecular flexibility index (Phi) is 2.56. The number of aromatic nitrogens is 3. The zero-order valence-electron chi connectivity index (χ0n) is 10.2. The van der Waals surface area contributed by atoms with Crippen LogP contribution in [-0.4, -0.2) is 15.0 Å². The highest BCUT2D eigenvalue weighted by atomic mass is 35.5. The standard InChI is InChI=1S/C14H12ClN3/c1-8-3-4-10(15)7-11(8)13-17-12-9(2)5-6-16-14(12)18-13/h3-7H,1-2H3,(H,16,17,18). The highest BCUT2D eigenvalue weighted by Crippen LogP contribution is 2.26. The van der Waals surface area contributed by atoms with Crippen LogP contribution in [0.4, 0.5) is 0 Å². The van der Waals surface area contributed by atoms with Gasteiger partial charge in [-0.1, -0.05) is 17.7 Å². The van der Waals surface area contributed by atoms with Crippen molar-refractivity contribution >= 4 is 22.8 Å². The van der Waals surface area contributed by atoms with Crippen molar-refractivity contribution in [1.82, 2.24) is 15.0 Å². The molecule has 3 aromatic rings. The summed E-state index contributed by atoms with van der Waals surface area (Å²) >= 11 is 6.04. The SMILES string of the molecule is Cc1ccc(Cl)cc1-c1nc2nccc(C)c2[nH]1. The first kappa shape index (κ1) is 11.2. The summed E-state index contributed by atoms with van der Waals surface area (Å²) < 4.78 is 0. The molecule has 0 atom stereocenters. The van der Waals surface area contributed by atoms with E-state index >= 15 is 0 Å². The van der Waals surface area contributed by atoms with Crippen molar-refractivity contribution < 1.29 is 0 Å². The van der Waals surface area contributed by atoms with Crippen molar-refractivity contribution in [2.24, 2.45) is 0 Å². The van der Waals surface area contributed by atoms with Crippen molar-refractivity contribution in [3.05, 3.63) is 46.6 Å². The predicted molar refractivity (Wildman–Crippen MR) is 73.8 cm³/mol. The zero-order valence-corrected chi connectivity index (χ0v) is 10.9. The van der Waals surface area contributed by atoms with Crippen LogP contribution in [-0.2, 0) is 0 Å². The maximum Gasteiger partial charge on any atom is 0.178 e. The van der Waals surface area contributed by atoms with Crippen LogP contribution in [0.3, 0.4) is 0 Å². The third-order valence-corrected chi connectivity index (χ3v) is 3.29. The van der Waals surface area contributed by atoms with Gasteiger partial charge in [0.15, 0.2) is 5.65 Å². The molecule has 0 saturated carbocycles. The van der Waals surface area contributed by atoms with Gasteiger partial charge in [-0.2, -0.15) is 0 Å². The first-order chi connectivity index (χ1) is 8.65. The van der Waals surface area contributed by atoms with Gasteiger partial charge in [0.1, 0.15) is 5.82 Å². The van der Waals surface area contributed by atoms with E-state index in [-0.39, 0.29) is 0 Å². The van der Waals surface area contributed by atoms with Crippen LogP contribution >= 0.6 is 11.6 Å². The lowest BCUT2D eigenvalue weighted by molar-refractivity contribution is 1.28. The second kappa shape index (κ2) is 4.10. The lowest BCUT2D eigenvalue weighted by Gasteiger charge is -2.02. The Balaban J connectivity index is 2.26. The number of imidazole rings is 1. The molecule has 0 spiro atoms. The highest BCUT2D eigenvalue weighted by molar-refractivity contribution is 6.30. The Morgan fingerprint density at radius 2 is 1.94 bits per heavy atom. The monoisotopic (exact) mass is 257 g/mol. The number of hydrogen-bond donors (Lipinski definition) is 1. The first-order valence-electron chi connectivity index (χ1n) is 5.73. The quantitative estimate of drug-likeness (QED) is 0.718. The fraction of sp³-hybridized carbons (Fsp3) is 0.143. The molecule has 2 aromatic heterocycles. The summed E-state index contributed by atoms with van der Waals surface area (Å²) in [7, 11) is 0. The number of aryl methyl sites for hydroxylation is 2. The molecule has 0 aliphatic carbocycles. The van der Waals surface area contributed by atoms with Crippen molar-refractivity contribution in [2.45, 2.75) is 13.8 Å². The Morgan fingerprint density at radius 1 is 1.11 bits per heavy atom. The van der Waals surface area contributed by atoms with E-state index < -0.39 is 0 Å². The maximum absolute atomic E-state index is 6.04. The molecule has 0 fully saturated rings. The molecule has 0 radical (unpaired) electrons. The largest absolute Gasteiger partial charge is 0.336 e. The molecular formula is C14H12ClN3. The number of benzene rings is 1. The van der Waals surface area contributed by atoms with Gasteiger partial charge >= 0.3 is 0 Å². The van der Waals surface area contributed by atoms with E-state index in [0.717, 1.165) is 33.7 Å². The number of pyridine rings is 1. The van der Waals surface area contributed by atoms with E-state index in [9.17, 15) is 0 Å². The summed E-state index contributed by atoms with van der Waals surface area (Å²) in [6.45, 7) is 4.08. The average molecular weight is 258 g/mol. The second-order valence-corrected chi connectivity index (χ2v) is 4.81. The summed E-state index contributed by atoms with van der Waals surface area (Å²) in [5.74, 6) is 0.812. The van der Waals surface area contributed by atoms with Crippen LogP contribution in [0.2, 0.25) is 5.02 Å². The minimum Gasteiger partial charge on any atom is -0.336 e. The third-order valence-electron chi connectivity index (χ3n) is 3.06. The van der Waals surface area contributed by atoms with E-state index in [1.165, 1.54) is 0 Å². The van der Waals surface area contributed by atoms with Crippen molar-refractivity contribution in [1.29, 1.82) is 0 Å². The molecule has 3 nitrogen and oxygen atoms in total. The summed E-state index contributed by atoms with van der Waals surface area (Å²) in [5.41, 5.74) is 5.01. The minimum atomic E-state index is 0.709. The minimum absolute atomic E-state index is 0.709. The van der Waals surface area contributed by atoms with Crippen LogP contribution in [0.1, 0.15) is 11.1 Å². The normalized spacial score (nSPS) is 11.1. The fourth-order valence-electron chi connectivity index (χ4n) is 2.01. The van der Waals surface area contributed by atoms with Gasteiger partial charge in [-0.3, -0.25) is 0 Å². The van der Waals surface area contributed by atoms with Gasteiger partial charge in [0.2, 0.25) is 0 Å². The van der Waals surface area contributed by atoms with Gasteiger partial charge in [-0.25, -0.2) is 9.97 Å². The van der Waals surface area contributed by atoms with E-state index in [1.54, 1.807) is 6.20 Å². The summed E-state index contributed by atoms with van der Waals surface area (Å²) in [5, 5.41) is 0.709. The number of aromatic amines is 1. The zero-order chi connectivity index (χ0) is 12.7. The summed E-state index contributed by atoms with van der Waals surface area (Å²) in [6, 6.07) is 7.76. The highest BCUT2D eigenvalue weighted by Gasteiger charge is 2.10. The average Bonchev–Trinajstić information content (AvgIpc) is 2.77. The molecule has 0 bridgehead atoms. The molecule has 0 unspecified atom stereocenters. The van der Waals surface area contributed by atoms with Gasteiger partial charge in [-0.05, 0) is 43.2 Å². The van der Waals surface area contributed by atoms with Crippen LogP contribution < -0.4 is 0 Å². The van der Waals surface area contributed by atoms with Crippen LogP contribution in [0.15, 0.2) is 30.5 Å². The van der Waals surface area contributed by atoms with Crippen LogP contribution in [0, 0.1) is 13.8 Å². The lowest BCUT2D eigenvalue weighted by atomic mass is 10.1. The van der Waals surface area contributed by atoms with Gasteiger partial charge in [0.05, 0.1) is 5.52 Å². The molecule has 1 aromatic carbocycles. The molecule has 3 rings (SSSR count). The number of rotatable bonds is 1. The maximum atomic E-state index is 6.04. The van der Waals surface area contributed by atoms with Crippen molar-refractivity contribution in [2.75, 3.05) is 0 Å². The topological polar surface area (TPSA) is 41.6 Å². The number of hydrogen-bond acceptors (Lipinski definition) is 2. The number of fused-ring (bicyclic) bond motifs is 1. The third kappa shape index (κ3) is 1.77. The molecule has 18 heavy (non-hydrogen) atoms. The molecule has 0 aliphatic heterocycles. The molecule has 2 heterocycles. The van der Waals surface area contributed by atoms with Gasteiger partial charge < -0.3 is 4.98 Å². The Morgan fingerprint density at radius 3 is 2.72 bits per heavy atom. The van der Waals surface area contributed by atoms with Crippen LogP contribution in [0.25, 0.3) is 22.6 Å². The van der Waals surface area contributed by atoms with Crippen LogP contribution in [0.5, 0.6) is 0 Å². The second-order valence-electron chi connectivity index (χ2n) is 4.37. The lowest BCUT2D eigenvalue weighted by Crippen LogP contribution is -1.85. The molecule has 1 N–H and O–H groups in total.